The maximum atomic E-state index is 11.7. The number of hydrogen-bond donors (Lipinski definition) is 2. The van der Waals surface area contributed by atoms with Crippen molar-refractivity contribution in [2.24, 2.45) is 0 Å². The molecule has 1 aromatic heterocycles. The summed E-state index contributed by atoms with van der Waals surface area (Å²) in [6.07, 6.45) is 2.32. The van der Waals surface area contributed by atoms with E-state index in [9.17, 15) is 9.59 Å². The minimum Gasteiger partial charge on any atom is -0.467 e. The van der Waals surface area contributed by atoms with Gasteiger partial charge in [0.25, 0.3) is 0 Å². The van der Waals surface area contributed by atoms with E-state index in [-0.39, 0.29) is 12.0 Å². The second kappa shape index (κ2) is 10.1. The molecule has 0 saturated heterocycles. The number of hydrogen-bond acceptors (Lipinski definition) is 5. The number of esters is 1. The highest BCUT2D eigenvalue weighted by molar-refractivity contribution is 5.89. The fourth-order valence-electron chi connectivity index (χ4n) is 2.06. The SMILES string of the molecule is COC(=O)c1ccc(CNC(=O)NCCCOCc2ccco2)cc1. The zero-order valence-corrected chi connectivity index (χ0v) is 14.1. The van der Waals surface area contributed by atoms with Crippen LogP contribution in [0.15, 0.2) is 47.1 Å². The normalized spacial score (nSPS) is 10.3. The van der Waals surface area contributed by atoms with Crippen molar-refractivity contribution in [1.82, 2.24) is 10.6 Å². The summed E-state index contributed by atoms with van der Waals surface area (Å²) in [6.45, 7) is 1.87. The third kappa shape index (κ3) is 6.68. The van der Waals surface area contributed by atoms with E-state index in [0.717, 1.165) is 11.3 Å². The van der Waals surface area contributed by atoms with Gasteiger partial charge in [0.15, 0.2) is 0 Å². The van der Waals surface area contributed by atoms with Gasteiger partial charge in [-0.1, -0.05) is 12.1 Å². The van der Waals surface area contributed by atoms with E-state index in [1.807, 2.05) is 12.1 Å². The molecule has 0 radical (unpaired) electrons. The zero-order valence-electron chi connectivity index (χ0n) is 14.1. The van der Waals surface area contributed by atoms with Gasteiger partial charge in [-0.3, -0.25) is 0 Å². The van der Waals surface area contributed by atoms with Crippen molar-refractivity contribution in [1.29, 1.82) is 0 Å². The number of benzene rings is 1. The van der Waals surface area contributed by atoms with Gasteiger partial charge in [-0.2, -0.15) is 0 Å². The first-order valence-electron chi connectivity index (χ1n) is 7.98. The van der Waals surface area contributed by atoms with Gasteiger partial charge in [-0.15, -0.1) is 0 Å². The number of amides is 2. The Balaban J connectivity index is 1.55. The lowest BCUT2D eigenvalue weighted by molar-refractivity contribution is 0.0600. The van der Waals surface area contributed by atoms with Crippen molar-refractivity contribution in [3.05, 3.63) is 59.5 Å². The lowest BCUT2D eigenvalue weighted by atomic mass is 10.1. The third-order valence-corrected chi connectivity index (χ3v) is 3.40. The van der Waals surface area contributed by atoms with Crippen molar-refractivity contribution in [3.8, 4) is 0 Å². The minimum absolute atomic E-state index is 0.247. The van der Waals surface area contributed by atoms with Crippen LogP contribution in [-0.4, -0.2) is 32.3 Å². The Morgan fingerprint density at radius 2 is 1.92 bits per heavy atom. The number of rotatable bonds is 9. The molecule has 2 N–H and O–H groups in total. The van der Waals surface area contributed by atoms with Crippen LogP contribution < -0.4 is 10.6 Å². The third-order valence-electron chi connectivity index (χ3n) is 3.40. The van der Waals surface area contributed by atoms with E-state index < -0.39 is 0 Å². The molecule has 1 aromatic carbocycles. The summed E-state index contributed by atoms with van der Waals surface area (Å²) < 4.78 is 15.2. The fourth-order valence-corrected chi connectivity index (χ4v) is 2.06. The molecule has 0 bridgehead atoms. The minimum atomic E-state index is -0.383. The molecule has 0 atom stereocenters. The Bertz CT molecular complexity index is 653. The van der Waals surface area contributed by atoms with E-state index in [1.54, 1.807) is 30.5 Å². The first-order chi connectivity index (χ1) is 12.2. The molecule has 0 unspecified atom stereocenters. The Morgan fingerprint density at radius 3 is 2.60 bits per heavy atom. The Morgan fingerprint density at radius 1 is 1.12 bits per heavy atom. The predicted molar refractivity (Wildman–Crippen MR) is 91.0 cm³/mol. The summed E-state index contributed by atoms with van der Waals surface area (Å²) in [7, 11) is 1.34. The second-order valence-corrected chi connectivity index (χ2v) is 5.28. The van der Waals surface area contributed by atoms with Gasteiger partial charge in [0.2, 0.25) is 0 Å². The van der Waals surface area contributed by atoms with E-state index in [4.69, 9.17) is 9.15 Å². The van der Waals surface area contributed by atoms with Gasteiger partial charge in [-0.25, -0.2) is 9.59 Å². The largest absolute Gasteiger partial charge is 0.467 e. The van der Waals surface area contributed by atoms with Crippen LogP contribution in [-0.2, 0) is 22.6 Å². The highest BCUT2D eigenvalue weighted by Gasteiger charge is 2.05. The Kier molecular flexibility index (Phi) is 7.52. The number of carbonyl (C=O) groups is 2. The quantitative estimate of drug-likeness (QED) is 0.538. The first-order valence-corrected chi connectivity index (χ1v) is 7.98. The Hall–Kier alpha value is -2.80. The number of nitrogens with one attached hydrogen (secondary N) is 2. The Labute approximate surface area is 146 Å². The topological polar surface area (TPSA) is 89.8 Å². The van der Waals surface area contributed by atoms with Crippen LogP contribution in [0.5, 0.6) is 0 Å². The summed E-state index contributed by atoms with van der Waals surface area (Å²) in [4.78, 5) is 23.0. The molecule has 0 spiro atoms. The van der Waals surface area contributed by atoms with E-state index in [2.05, 4.69) is 15.4 Å². The van der Waals surface area contributed by atoms with E-state index in [1.165, 1.54) is 7.11 Å². The summed E-state index contributed by atoms with van der Waals surface area (Å²) in [5, 5.41) is 5.51. The van der Waals surface area contributed by atoms with Crippen molar-refractivity contribution in [3.63, 3.8) is 0 Å². The molecule has 2 amide bonds. The van der Waals surface area contributed by atoms with Crippen LogP contribution >= 0.6 is 0 Å². The van der Waals surface area contributed by atoms with Gasteiger partial charge in [-0.05, 0) is 36.2 Å². The number of furan rings is 1. The van der Waals surface area contributed by atoms with Crippen molar-refractivity contribution >= 4 is 12.0 Å². The molecule has 2 aromatic rings. The van der Waals surface area contributed by atoms with E-state index >= 15 is 0 Å². The molecular formula is C18H22N2O5. The summed E-state index contributed by atoms with van der Waals surface area (Å²) in [5.41, 5.74) is 1.37. The van der Waals surface area contributed by atoms with Crippen LogP contribution in [0, 0.1) is 0 Å². The van der Waals surface area contributed by atoms with Gasteiger partial charge < -0.3 is 24.5 Å². The van der Waals surface area contributed by atoms with Gasteiger partial charge in [0.05, 0.1) is 18.9 Å². The number of methoxy groups -OCH3 is 1. The smallest absolute Gasteiger partial charge is 0.337 e. The van der Waals surface area contributed by atoms with Crippen LogP contribution in [0.2, 0.25) is 0 Å². The van der Waals surface area contributed by atoms with Gasteiger partial charge >= 0.3 is 12.0 Å². The molecule has 134 valence electrons. The summed E-state index contributed by atoms with van der Waals surface area (Å²) in [5.74, 6) is 0.399. The van der Waals surface area contributed by atoms with Crippen LogP contribution in [0.4, 0.5) is 4.79 Å². The summed E-state index contributed by atoms with van der Waals surface area (Å²) >= 11 is 0. The fraction of sp³-hybridized carbons (Fsp3) is 0.333. The van der Waals surface area contributed by atoms with Crippen molar-refractivity contribution < 1.29 is 23.5 Å². The highest BCUT2D eigenvalue weighted by Crippen LogP contribution is 2.05. The summed E-state index contributed by atoms with van der Waals surface area (Å²) in [6, 6.07) is 10.3. The highest BCUT2D eigenvalue weighted by atomic mass is 16.5. The lowest BCUT2D eigenvalue weighted by Crippen LogP contribution is -2.35. The molecule has 7 nitrogen and oxygen atoms in total. The van der Waals surface area contributed by atoms with Crippen molar-refractivity contribution in [2.45, 2.75) is 19.6 Å². The number of urea groups is 1. The molecule has 0 saturated carbocycles. The standard InChI is InChI=1S/C18H22N2O5/c1-23-17(21)15-7-5-14(6-8-15)12-20-18(22)19-9-3-10-24-13-16-4-2-11-25-16/h2,4-8,11H,3,9-10,12-13H2,1H3,(H2,19,20,22). The van der Waals surface area contributed by atoms with Crippen LogP contribution in [0.3, 0.4) is 0 Å². The molecule has 25 heavy (non-hydrogen) atoms. The molecule has 2 rings (SSSR count). The van der Waals surface area contributed by atoms with E-state index in [0.29, 0.717) is 38.3 Å². The predicted octanol–water partition coefficient (Wildman–Crippen LogP) is 2.47. The number of ether oxygens (including phenoxy) is 2. The zero-order chi connectivity index (χ0) is 17.9. The molecule has 7 heteroatoms. The molecule has 1 heterocycles. The molecule has 0 aliphatic carbocycles. The molecule has 0 aliphatic heterocycles. The molecular weight excluding hydrogens is 324 g/mol. The van der Waals surface area contributed by atoms with Gasteiger partial charge in [0, 0.05) is 19.7 Å². The number of carbonyl (C=O) groups excluding carboxylic acids is 2. The lowest BCUT2D eigenvalue weighted by Gasteiger charge is -2.08. The average Bonchev–Trinajstić information content (AvgIpc) is 3.16. The molecule has 0 aliphatic rings. The van der Waals surface area contributed by atoms with Gasteiger partial charge in [0.1, 0.15) is 12.4 Å². The maximum absolute atomic E-state index is 11.7. The monoisotopic (exact) mass is 346 g/mol. The first kappa shape index (κ1) is 18.5. The molecule has 0 fully saturated rings. The average molecular weight is 346 g/mol. The van der Waals surface area contributed by atoms with Crippen LogP contribution in [0.25, 0.3) is 0 Å². The van der Waals surface area contributed by atoms with Crippen molar-refractivity contribution in [2.75, 3.05) is 20.3 Å². The van der Waals surface area contributed by atoms with Crippen LogP contribution in [0.1, 0.15) is 28.1 Å². The second-order valence-electron chi connectivity index (χ2n) is 5.28. The maximum Gasteiger partial charge on any atom is 0.337 e.